The van der Waals surface area contributed by atoms with Gasteiger partial charge in [-0.15, -0.1) is 0 Å². The third kappa shape index (κ3) is 1.32. The van der Waals surface area contributed by atoms with Gasteiger partial charge in [-0.3, -0.25) is 0 Å². The fraction of sp³-hybridized carbons (Fsp3) is 0.364. The van der Waals surface area contributed by atoms with Crippen molar-refractivity contribution in [2.75, 3.05) is 0 Å². The van der Waals surface area contributed by atoms with E-state index in [9.17, 15) is 0 Å². The summed E-state index contributed by atoms with van der Waals surface area (Å²) in [6.45, 7) is 6.38. The van der Waals surface area contributed by atoms with Crippen LogP contribution < -0.4 is 0 Å². The first-order chi connectivity index (χ1) is 6.18. The SMILES string of the molecule is Cc1nc2c(C(C)C)cccc2[nH]1. The van der Waals surface area contributed by atoms with Gasteiger partial charge in [-0.25, -0.2) is 4.98 Å². The maximum atomic E-state index is 4.48. The van der Waals surface area contributed by atoms with Crippen molar-refractivity contribution in [1.82, 2.24) is 9.97 Å². The van der Waals surface area contributed by atoms with Gasteiger partial charge in [-0.2, -0.15) is 0 Å². The summed E-state index contributed by atoms with van der Waals surface area (Å²) >= 11 is 0. The number of aromatic amines is 1. The van der Waals surface area contributed by atoms with E-state index in [1.165, 1.54) is 5.56 Å². The van der Waals surface area contributed by atoms with Crippen LogP contribution in [0, 0.1) is 6.92 Å². The molecule has 0 aliphatic heterocycles. The lowest BCUT2D eigenvalue weighted by atomic mass is 10.0. The van der Waals surface area contributed by atoms with E-state index in [2.05, 4.69) is 42.0 Å². The van der Waals surface area contributed by atoms with Gasteiger partial charge in [-0.05, 0) is 24.5 Å². The molecule has 0 saturated carbocycles. The predicted octanol–water partition coefficient (Wildman–Crippen LogP) is 2.99. The number of nitrogens with one attached hydrogen (secondary N) is 1. The maximum Gasteiger partial charge on any atom is 0.104 e. The quantitative estimate of drug-likeness (QED) is 0.707. The van der Waals surface area contributed by atoms with E-state index in [0.717, 1.165) is 16.9 Å². The van der Waals surface area contributed by atoms with Crippen molar-refractivity contribution in [3.8, 4) is 0 Å². The average Bonchev–Trinajstić information content (AvgIpc) is 2.43. The summed E-state index contributed by atoms with van der Waals surface area (Å²) in [6.07, 6.45) is 0. The van der Waals surface area contributed by atoms with Gasteiger partial charge in [0, 0.05) is 0 Å². The van der Waals surface area contributed by atoms with Crippen LogP contribution in [0.25, 0.3) is 11.0 Å². The Hall–Kier alpha value is -1.31. The number of benzene rings is 1. The van der Waals surface area contributed by atoms with Gasteiger partial charge < -0.3 is 4.98 Å². The molecular formula is C11H14N2. The lowest BCUT2D eigenvalue weighted by Gasteiger charge is -2.04. The first kappa shape index (κ1) is 8.30. The van der Waals surface area contributed by atoms with E-state index in [-0.39, 0.29) is 0 Å². The summed E-state index contributed by atoms with van der Waals surface area (Å²) in [7, 11) is 0. The Balaban J connectivity index is 2.75. The number of aryl methyl sites for hydroxylation is 1. The molecule has 68 valence electrons. The molecule has 0 radical (unpaired) electrons. The molecule has 0 unspecified atom stereocenters. The highest BCUT2D eigenvalue weighted by Crippen LogP contribution is 2.23. The first-order valence-electron chi connectivity index (χ1n) is 4.63. The van der Waals surface area contributed by atoms with Crippen molar-refractivity contribution >= 4 is 11.0 Å². The molecule has 2 nitrogen and oxygen atoms in total. The molecule has 2 heteroatoms. The Bertz CT molecular complexity index is 427. The van der Waals surface area contributed by atoms with Crippen LogP contribution in [-0.4, -0.2) is 9.97 Å². The van der Waals surface area contributed by atoms with Crippen molar-refractivity contribution in [2.45, 2.75) is 26.7 Å². The molecule has 0 atom stereocenters. The van der Waals surface area contributed by atoms with Gasteiger partial charge in [0.15, 0.2) is 0 Å². The Morgan fingerprint density at radius 2 is 2.08 bits per heavy atom. The molecule has 2 aromatic rings. The molecule has 0 saturated heterocycles. The molecule has 13 heavy (non-hydrogen) atoms. The number of rotatable bonds is 1. The van der Waals surface area contributed by atoms with E-state index in [1.54, 1.807) is 0 Å². The number of imidazole rings is 1. The van der Waals surface area contributed by atoms with Crippen molar-refractivity contribution in [3.05, 3.63) is 29.6 Å². The van der Waals surface area contributed by atoms with Crippen LogP contribution in [0.15, 0.2) is 18.2 Å². The molecule has 1 N–H and O–H groups in total. The van der Waals surface area contributed by atoms with Gasteiger partial charge in [0.05, 0.1) is 11.0 Å². The monoisotopic (exact) mass is 174 g/mol. The Labute approximate surface area is 78.0 Å². The number of hydrogen-bond acceptors (Lipinski definition) is 1. The van der Waals surface area contributed by atoms with Crippen LogP contribution in [0.2, 0.25) is 0 Å². The molecule has 0 amide bonds. The molecular weight excluding hydrogens is 160 g/mol. The van der Waals surface area contributed by atoms with Crippen molar-refractivity contribution in [1.29, 1.82) is 0 Å². The molecule has 0 aliphatic carbocycles. The second-order valence-electron chi connectivity index (χ2n) is 3.72. The van der Waals surface area contributed by atoms with Crippen LogP contribution >= 0.6 is 0 Å². The zero-order chi connectivity index (χ0) is 9.42. The second kappa shape index (κ2) is 2.87. The van der Waals surface area contributed by atoms with Gasteiger partial charge in [-0.1, -0.05) is 26.0 Å². The number of hydrogen-bond donors (Lipinski definition) is 1. The van der Waals surface area contributed by atoms with Crippen LogP contribution in [0.3, 0.4) is 0 Å². The fourth-order valence-electron chi connectivity index (χ4n) is 1.64. The summed E-state index contributed by atoms with van der Waals surface area (Å²) in [5, 5.41) is 0. The summed E-state index contributed by atoms with van der Waals surface area (Å²) in [6, 6.07) is 6.30. The molecule has 2 rings (SSSR count). The van der Waals surface area contributed by atoms with Gasteiger partial charge in [0.2, 0.25) is 0 Å². The highest BCUT2D eigenvalue weighted by atomic mass is 14.9. The third-order valence-electron chi connectivity index (χ3n) is 2.28. The topological polar surface area (TPSA) is 28.7 Å². The molecule has 0 aliphatic rings. The van der Waals surface area contributed by atoms with Gasteiger partial charge in [0.25, 0.3) is 0 Å². The molecule has 0 bridgehead atoms. The van der Waals surface area contributed by atoms with E-state index in [4.69, 9.17) is 0 Å². The predicted molar refractivity (Wildman–Crippen MR) is 54.9 cm³/mol. The van der Waals surface area contributed by atoms with E-state index in [0.29, 0.717) is 5.92 Å². The van der Waals surface area contributed by atoms with Gasteiger partial charge in [0.1, 0.15) is 5.82 Å². The number of H-pyrrole nitrogens is 1. The molecule has 1 aromatic heterocycles. The normalized spacial score (nSPS) is 11.4. The van der Waals surface area contributed by atoms with Crippen LogP contribution in [0.1, 0.15) is 31.2 Å². The molecule has 1 aromatic carbocycles. The summed E-state index contributed by atoms with van der Waals surface area (Å²) in [5.41, 5.74) is 3.58. The lowest BCUT2D eigenvalue weighted by Crippen LogP contribution is -1.88. The summed E-state index contributed by atoms with van der Waals surface area (Å²) in [5.74, 6) is 1.52. The standard InChI is InChI=1S/C11H14N2/c1-7(2)9-5-4-6-10-11(9)13-8(3)12-10/h4-7H,1-3H3,(H,12,13). The number of para-hydroxylation sites is 1. The second-order valence-corrected chi connectivity index (χ2v) is 3.72. The number of aromatic nitrogens is 2. The minimum atomic E-state index is 0.534. The summed E-state index contributed by atoms with van der Waals surface area (Å²) in [4.78, 5) is 7.72. The maximum absolute atomic E-state index is 4.48. The molecule has 1 heterocycles. The average molecular weight is 174 g/mol. The Morgan fingerprint density at radius 3 is 2.77 bits per heavy atom. The highest BCUT2D eigenvalue weighted by Gasteiger charge is 2.07. The zero-order valence-electron chi connectivity index (χ0n) is 8.26. The fourth-order valence-corrected chi connectivity index (χ4v) is 1.64. The Morgan fingerprint density at radius 1 is 1.31 bits per heavy atom. The third-order valence-corrected chi connectivity index (χ3v) is 2.28. The van der Waals surface area contributed by atoms with E-state index in [1.807, 2.05) is 6.92 Å². The molecule has 0 fully saturated rings. The van der Waals surface area contributed by atoms with Crippen molar-refractivity contribution < 1.29 is 0 Å². The molecule has 0 spiro atoms. The minimum Gasteiger partial charge on any atom is -0.342 e. The largest absolute Gasteiger partial charge is 0.342 e. The zero-order valence-corrected chi connectivity index (χ0v) is 8.26. The van der Waals surface area contributed by atoms with E-state index >= 15 is 0 Å². The summed E-state index contributed by atoms with van der Waals surface area (Å²) < 4.78 is 0. The van der Waals surface area contributed by atoms with Crippen LogP contribution in [-0.2, 0) is 0 Å². The van der Waals surface area contributed by atoms with Crippen molar-refractivity contribution in [3.63, 3.8) is 0 Å². The van der Waals surface area contributed by atoms with Crippen LogP contribution in [0.5, 0.6) is 0 Å². The lowest BCUT2D eigenvalue weighted by molar-refractivity contribution is 0.873. The van der Waals surface area contributed by atoms with Crippen LogP contribution in [0.4, 0.5) is 0 Å². The Kier molecular flexibility index (Phi) is 1.83. The first-order valence-corrected chi connectivity index (χ1v) is 4.63. The minimum absolute atomic E-state index is 0.534. The number of fused-ring (bicyclic) bond motifs is 1. The number of nitrogens with zero attached hydrogens (tertiary/aromatic N) is 1. The van der Waals surface area contributed by atoms with Gasteiger partial charge >= 0.3 is 0 Å². The highest BCUT2D eigenvalue weighted by molar-refractivity contribution is 5.79. The van der Waals surface area contributed by atoms with Crippen molar-refractivity contribution in [2.24, 2.45) is 0 Å². The smallest absolute Gasteiger partial charge is 0.104 e. The van der Waals surface area contributed by atoms with E-state index < -0.39 is 0 Å².